The molecular formula is C17H17N3. The minimum Gasteiger partial charge on any atom is -0.213 e. The van der Waals surface area contributed by atoms with Gasteiger partial charge >= 0.3 is 0 Å². The summed E-state index contributed by atoms with van der Waals surface area (Å²) in [6.45, 7) is 4.08. The Morgan fingerprint density at radius 3 is 2.55 bits per heavy atom. The van der Waals surface area contributed by atoms with Gasteiger partial charge in [-0.25, -0.2) is 9.67 Å². The van der Waals surface area contributed by atoms with Crippen molar-refractivity contribution in [2.24, 2.45) is 0 Å². The Labute approximate surface area is 118 Å². The van der Waals surface area contributed by atoms with Crippen LogP contribution in [0.2, 0.25) is 0 Å². The molecule has 0 aliphatic carbocycles. The van der Waals surface area contributed by atoms with E-state index in [-0.39, 0.29) is 0 Å². The highest BCUT2D eigenvalue weighted by Crippen LogP contribution is 2.21. The molecule has 3 nitrogen and oxygen atoms in total. The zero-order chi connectivity index (χ0) is 13.9. The molecule has 3 rings (SSSR count). The molecular weight excluding hydrogens is 246 g/mol. The summed E-state index contributed by atoms with van der Waals surface area (Å²) in [5.41, 5.74) is 3.44. The number of nitrogens with zero attached hydrogens (tertiary/aromatic N) is 3. The fourth-order valence-corrected chi connectivity index (χ4v) is 2.28. The fourth-order valence-electron chi connectivity index (χ4n) is 2.28. The zero-order valence-electron chi connectivity index (χ0n) is 11.7. The van der Waals surface area contributed by atoms with Crippen molar-refractivity contribution in [3.8, 4) is 17.1 Å². The lowest BCUT2D eigenvalue weighted by atomic mass is 10.1. The molecule has 3 aromatic rings. The molecule has 0 atom stereocenters. The molecule has 0 amide bonds. The summed E-state index contributed by atoms with van der Waals surface area (Å²) >= 11 is 0. The van der Waals surface area contributed by atoms with Gasteiger partial charge in [0.05, 0.1) is 5.69 Å². The van der Waals surface area contributed by atoms with E-state index in [1.165, 1.54) is 5.56 Å². The topological polar surface area (TPSA) is 30.7 Å². The first-order valence-corrected chi connectivity index (χ1v) is 6.86. The minimum atomic E-state index is 0.783. The van der Waals surface area contributed by atoms with Crippen LogP contribution in [0.15, 0.2) is 54.6 Å². The van der Waals surface area contributed by atoms with Crippen LogP contribution >= 0.6 is 0 Å². The highest BCUT2D eigenvalue weighted by molar-refractivity contribution is 5.58. The minimum absolute atomic E-state index is 0.783. The number of aryl methyl sites for hydroxylation is 2. The predicted octanol–water partition coefficient (Wildman–Crippen LogP) is 3.81. The van der Waals surface area contributed by atoms with Crippen molar-refractivity contribution < 1.29 is 0 Å². The molecule has 0 unspecified atom stereocenters. The van der Waals surface area contributed by atoms with Crippen molar-refractivity contribution in [1.82, 2.24) is 14.8 Å². The van der Waals surface area contributed by atoms with Crippen molar-refractivity contribution in [2.75, 3.05) is 0 Å². The third kappa shape index (κ3) is 2.35. The maximum atomic E-state index is 4.56. The Hall–Kier alpha value is -2.42. The van der Waals surface area contributed by atoms with Crippen LogP contribution in [0, 0.1) is 6.92 Å². The molecule has 0 radical (unpaired) electrons. The predicted molar refractivity (Wildman–Crippen MR) is 80.9 cm³/mol. The van der Waals surface area contributed by atoms with Crippen molar-refractivity contribution in [1.29, 1.82) is 0 Å². The van der Waals surface area contributed by atoms with Crippen LogP contribution in [-0.4, -0.2) is 14.8 Å². The molecule has 0 aliphatic heterocycles. The molecule has 2 aromatic carbocycles. The Morgan fingerprint density at radius 2 is 1.80 bits per heavy atom. The van der Waals surface area contributed by atoms with Crippen LogP contribution in [0.3, 0.4) is 0 Å². The van der Waals surface area contributed by atoms with E-state index in [0.717, 1.165) is 29.3 Å². The molecule has 1 aromatic heterocycles. The Bertz CT molecular complexity index is 714. The second-order valence-corrected chi connectivity index (χ2v) is 4.78. The van der Waals surface area contributed by atoms with Crippen LogP contribution in [0.25, 0.3) is 17.1 Å². The average molecular weight is 263 g/mol. The number of hydrogen-bond donors (Lipinski definition) is 0. The maximum Gasteiger partial charge on any atom is 0.163 e. The zero-order valence-corrected chi connectivity index (χ0v) is 11.7. The Balaban J connectivity index is 2.14. The van der Waals surface area contributed by atoms with E-state index < -0.39 is 0 Å². The van der Waals surface area contributed by atoms with E-state index >= 15 is 0 Å². The van der Waals surface area contributed by atoms with Crippen LogP contribution < -0.4 is 0 Å². The van der Waals surface area contributed by atoms with Gasteiger partial charge in [0.2, 0.25) is 0 Å². The van der Waals surface area contributed by atoms with Gasteiger partial charge in [-0.05, 0) is 31.0 Å². The number of hydrogen-bond acceptors (Lipinski definition) is 2. The van der Waals surface area contributed by atoms with Crippen LogP contribution in [0.1, 0.15) is 18.3 Å². The molecule has 100 valence electrons. The average Bonchev–Trinajstić information content (AvgIpc) is 2.90. The summed E-state index contributed by atoms with van der Waals surface area (Å²) in [4.78, 5) is 4.56. The highest BCUT2D eigenvalue weighted by Gasteiger charge is 2.11. The summed E-state index contributed by atoms with van der Waals surface area (Å²) in [7, 11) is 0. The molecule has 20 heavy (non-hydrogen) atoms. The quantitative estimate of drug-likeness (QED) is 0.719. The highest BCUT2D eigenvalue weighted by atomic mass is 15.3. The third-order valence-corrected chi connectivity index (χ3v) is 3.31. The molecule has 0 saturated heterocycles. The first kappa shape index (κ1) is 12.6. The molecule has 0 saturated carbocycles. The molecule has 0 fully saturated rings. The SMILES string of the molecule is CCc1cccc(-n2nc(C)nc2-c2ccccc2)c1. The standard InChI is InChI=1S/C17H17N3/c1-3-14-8-7-11-16(12-14)20-17(18-13(2)19-20)15-9-5-4-6-10-15/h4-12H,3H2,1-2H3. The van der Waals surface area contributed by atoms with E-state index in [2.05, 4.69) is 53.4 Å². The van der Waals surface area contributed by atoms with Gasteiger partial charge in [-0.2, -0.15) is 5.10 Å². The first-order chi connectivity index (χ1) is 9.78. The lowest BCUT2D eigenvalue weighted by Crippen LogP contribution is -2.00. The first-order valence-electron chi connectivity index (χ1n) is 6.86. The monoisotopic (exact) mass is 263 g/mol. The van der Waals surface area contributed by atoms with Gasteiger partial charge in [0.25, 0.3) is 0 Å². The summed E-state index contributed by atoms with van der Waals surface area (Å²) in [5, 5.41) is 4.54. The van der Waals surface area contributed by atoms with Gasteiger partial charge in [-0.1, -0.05) is 49.4 Å². The summed E-state index contributed by atoms with van der Waals surface area (Å²) in [5.74, 6) is 1.67. The number of benzene rings is 2. The van der Waals surface area contributed by atoms with E-state index in [1.807, 2.05) is 29.8 Å². The smallest absolute Gasteiger partial charge is 0.163 e. The van der Waals surface area contributed by atoms with Crippen molar-refractivity contribution in [3.05, 3.63) is 66.0 Å². The van der Waals surface area contributed by atoms with E-state index in [9.17, 15) is 0 Å². The fraction of sp³-hybridized carbons (Fsp3) is 0.176. The van der Waals surface area contributed by atoms with Crippen molar-refractivity contribution in [2.45, 2.75) is 20.3 Å². The van der Waals surface area contributed by atoms with Crippen molar-refractivity contribution >= 4 is 0 Å². The molecule has 3 heteroatoms. The third-order valence-electron chi connectivity index (χ3n) is 3.31. The number of aromatic nitrogens is 3. The van der Waals surface area contributed by atoms with Crippen LogP contribution in [-0.2, 0) is 6.42 Å². The summed E-state index contributed by atoms with van der Waals surface area (Å²) < 4.78 is 1.92. The van der Waals surface area contributed by atoms with E-state index in [1.54, 1.807) is 0 Å². The van der Waals surface area contributed by atoms with Gasteiger partial charge in [-0.15, -0.1) is 0 Å². The largest absolute Gasteiger partial charge is 0.213 e. The van der Waals surface area contributed by atoms with Gasteiger partial charge in [0.15, 0.2) is 5.82 Å². The van der Waals surface area contributed by atoms with Crippen LogP contribution in [0.4, 0.5) is 0 Å². The van der Waals surface area contributed by atoms with Gasteiger partial charge in [-0.3, -0.25) is 0 Å². The van der Waals surface area contributed by atoms with Gasteiger partial charge in [0.1, 0.15) is 5.82 Å². The van der Waals surface area contributed by atoms with Gasteiger partial charge in [0, 0.05) is 5.56 Å². The lowest BCUT2D eigenvalue weighted by Gasteiger charge is -2.07. The normalized spacial score (nSPS) is 10.7. The Kier molecular flexibility index (Phi) is 3.33. The van der Waals surface area contributed by atoms with Gasteiger partial charge < -0.3 is 0 Å². The van der Waals surface area contributed by atoms with E-state index in [4.69, 9.17) is 0 Å². The van der Waals surface area contributed by atoms with Crippen molar-refractivity contribution in [3.63, 3.8) is 0 Å². The van der Waals surface area contributed by atoms with Crippen LogP contribution in [0.5, 0.6) is 0 Å². The second kappa shape index (κ2) is 5.29. The summed E-state index contributed by atoms with van der Waals surface area (Å²) in [6.07, 6.45) is 1.02. The van der Waals surface area contributed by atoms with E-state index in [0.29, 0.717) is 0 Å². The maximum absolute atomic E-state index is 4.56. The summed E-state index contributed by atoms with van der Waals surface area (Å²) in [6, 6.07) is 18.6. The molecule has 1 heterocycles. The molecule has 0 N–H and O–H groups in total. The Morgan fingerprint density at radius 1 is 1.00 bits per heavy atom. The number of rotatable bonds is 3. The molecule has 0 spiro atoms. The second-order valence-electron chi connectivity index (χ2n) is 4.78. The molecule has 0 bridgehead atoms. The molecule has 0 aliphatic rings. The lowest BCUT2D eigenvalue weighted by molar-refractivity contribution is 0.866.